The molecule has 0 unspecified atom stereocenters. The zero-order valence-electron chi connectivity index (χ0n) is 15.6. The van der Waals surface area contributed by atoms with Gasteiger partial charge in [0.1, 0.15) is 0 Å². The summed E-state index contributed by atoms with van der Waals surface area (Å²) in [5, 5.41) is 0. The van der Waals surface area contributed by atoms with Crippen LogP contribution in [-0.4, -0.2) is 5.75 Å². The van der Waals surface area contributed by atoms with Crippen molar-refractivity contribution in [2.24, 2.45) is 0 Å². The molecule has 0 atom stereocenters. The second-order valence-electron chi connectivity index (χ2n) is 6.69. The third-order valence-electron chi connectivity index (χ3n) is 4.86. The first-order valence-corrected chi connectivity index (χ1v) is 10.7. The summed E-state index contributed by atoms with van der Waals surface area (Å²) in [5.74, 6) is 1.17. The van der Waals surface area contributed by atoms with Crippen molar-refractivity contribution in [2.45, 2.75) is 37.4 Å². The molecule has 0 N–H and O–H groups in total. The Hall–Kier alpha value is -1.99. The predicted molar refractivity (Wildman–Crippen MR) is 116 cm³/mol. The van der Waals surface area contributed by atoms with Crippen molar-refractivity contribution in [2.75, 3.05) is 5.75 Å². The lowest BCUT2D eigenvalue weighted by molar-refractivity contribution is 0.704. The molecule has 0 amide bonds. The molecule has 0 radical (unpaired) electrons. The van der Waals surface area contributed by atoms with E-state index < -0.39 is 0 Å². The Morgan fingerprint density at radius 2 is 1.00 bits per heavy atom. The molecule has 134 valence electrons. The maximum Gasteiger partial charge on any atom is 0.0906 e. The van der Waals surface area contributed by atoms with Crippen molar-refractivity contribution in [3.8, 4) is 0 Å². The minimum Gasteiger partial charge on any atom is -0.141 e. The Kier molecular flexibility index (Phi) is 6.96. The zero-order valence-corrected chi connectivity index (χ0v) is 16.4. The maximum atomic E-state index is 2.28. The van der Waals surface area contributed by atoms with E-state index in [9.17, 15) is 0 Å². The standard InChI is InChI=1S/C25H28S/c1-2-3-4-14-21-26-25(22-15-8-5-9-16-22,23-17-10-6-11-18-23)24-19-12-7-13-20-24/h5-13,15-20H,2-4,14,21H2,1H3. The zero-order chi connectivity index (χ0) is 18.1. The Morgan fingerprint density at radius 1 is 0.577 bits per heavy atom. The summed E-state index contributed by atoms with van der Waals surface area (Å²) in [6.07, 6.45) is 5.20. The largest absolute Gasteiger partial charge is 0.141 e. The molecule has 0 bridgehead atoms. The lowest BCUT2D eigenvalue weighted by atomic mass is 9.84. The summed E-state index contributed by atoms with van der Waals surface area (Å²) < 4.78 is -0.157. The predicted octanol–water partition coefficient (Wildman–Crippen LogP) is 7.29. The first-order chi connectivity index (χ1) is 12.9. The molecular formula is C25H28S. The molecule has 0 spiro atoms. The molecule has 0 aliphatic heterocycles. The Bertz CT molecular complexity index is 653. The van der Waals surface area contributed by atoms with Crippen molar-refractivity contribution in [3.05, 3.63) is 108 Å². The summed E-state index contributed by atoms with van der Waals surface area (Å²) in [5.41, 5.74) is 4.08. The molecule has 0 fully saturated rings. The van der Waals surface area contributed by atoms with E-state index in [-0.39, 0.29) is 4.75 Å². The number of rotatable bonds is 9. The van der Waals surface area contributed by atoms with Gasteiger partial charge >= 0.3 is 0 Å². The van der Waals surface area contributed by atoms with Crippen molar-refractivity contribution < 1.29 is 0 Å². The van der Waals surface area contributed by atoms with Gasteiger partial charge in [-0.15, -0.1) is 11.8 Å². The number of thioether (sulfide) groups is 1. The molecule has 0 saturated heterocycles. The van der Waals surface area contributed by atoms with Gasteiger partial charge in [0.05, 0.1) is 4.75 Å². The van der Waals surface area contributed by atoms with E-state index in [0.29, 0.717) is 0 Å². The highest BCUT2D eigenvalue weighted by atomic mass is 32.2. The number of hydrogen-bond acceptors (Lipinski definition) is 1. The average Bonchev–Trinajstić information content (AvgIpc) is 2.73. The van der Waals surface area contributed by atoms with Gasteiger partial charge in [-0.25, -0.2) is 0 Å². The van der Waals surface area contributed by atoms with Gasteiger partial charge in [0.15, 0.2) is 0 Å². The van der Waals surface area contributed by atoms with E-state index in [2.05, 4.69) is 110 Å². The highest BCUT2D eigenvalue weighted by Crippen LogP contribution is 2.48. The van der Waals surface area contributed by atoms with Gasteiger partial charge in [-0.2, -0.15) is 0 Å². The van der Waals surface area contributed by atoms with E-state index in [1.54, 1.807) is 0 Å². The van der Waals surface area contributed by atoms with E-state index in [0.717, 1.165) is 0 Å². The molecule has 0 aliphatic rings. The van der Waals surface area contributed by atoms with Crippen LogP contribution < -0.4 is 0 Å². The van der Waals surface area contributed by atoms with Crippen LogP contribution >= 0.6 is 11.8 Å². The topological polar surface area (TPSA) is 0 Å². The Morgan fingerprint density at radius 3 is 1.38 bits per heavy atom. The number of benzene rings is 3. The molecule has 0 heterocycles. The van der Waals surface area contributed by atoms with Crippen LogP contribution in [0, 0.1) is 0 Å². The molecule has 0 aliphatic carbocycles. The van der Waals surface area contributed by atoms with E-state index in [1.165, 1.54) is 48.1 Å². The quantitative estimate of drug-likeness (QED) is 0.285. The summed E-state index contributed by atoms with van der Waals surface area (Å²) in [4.78, 5) is 0. The van der Waals surface area contributed by atoms with Gasteiger partial charge in [-0.3, -0.25) is 0 Å². The first-order valence-electron chi connectivity index (χ1n) is 9.68. The highest BCUT2D eigenvalue weighted by molar-refractivity contribution is 8.00. The minimum atomic E-state index is -0.157. The maximum absolute atomic E-state index is 2.28. The second-order valence-corrected chi connectivity index (χ2v) is 8.00. The second kappa shape index (κ2) is 9.64. The first kappa shape index (κ1) is 18.8. The average molecular weight is 361 g/mol. The smallest absolute Gasteiger partial charge is 0.0906 e. The monoisotopic (exact) mass is 360 g/mol. The summed E-state index contributed by atoms with van der Waals surface area (Å²) in [6, 6.07) is 32.9. The van der Waals surface area contributed by atoms with Crippen molar-refractivity contribution in [1.29, 1.82) is 0 Å². The summed E-state index contributed by atoms with van der Waals surface area (Å²) in [7, 11) is 0. The minimum absolute atomic E-state index is 0.157. The normalized spacial score (nSPS) is 11.4. The lowest BCUT2D eigenvalue weighted by Gasteiger charge is -2.35. The van der Waals surface area contributed by atoms with Crippen molar-refractivity contribution >= 4 is 11.8 Å². The van der Waals surface area contributed by atoms with Gasteiger partial charge in [0.2, 0.25) is 0 Å². The SMILES string of the molecule is CCCCCCSC(c1ccccc1)(c1ccccc1)c1ccccc1. The third kappa shape index (κ3) is 4.22. The Balaban J connectivity index is 2.06. The molecule has 0 aromatic heterocycles. The fourth-order valence-corrected chi connectivity index (χ4v) is 5.09. The van der Waals surface area contributed by atoms with Gasteiger partial charge in [-0.1, -0.05) is 117 Å². The van der Waals surface area contributed by atoms with Crippen LogP contribution in [0.3, 0.4) is 0 Å². The number of hydrogen-bond donors (Lipinski definition) is 0. The molecule has 26 heavy (non-hydrogen) atoms. The van der Waals surface area contributed by atoms with Crippen LogP contribution in [0.1, 0.15) is 49.3 Å². The summed E-state index contributed by atoms with van der Waals surface area (Å²) >= 11 is 2.08. The van der Waals surface area contributed by atoms with Crippen molar-refractivity contribution in [1.82, 2.24) is 0 Å². The molecular weight excluding hydrogens is 332 g/mol. The van der Waals surface area contributed by atoms with Crippen LogP contribution in [0.5, 0.6) is 0 Å². The lowest BCUT2D eigenvalue weighted by Crippen LogP contribution is -2.26. The van der Waals surface area contributed by atoms with Crippen LogP contribution in [-0.2, 0) is 4.75 Å². The van der Waals surface area contributed by atoms with E-state index in [4.69, 9.17) is 0 Å². The van der Waals surface area contributed by atoms with Gasteiger partial charge < -0.3 is 0 Å². The van der Waals surface area contributed by atoms with Crippen LogP contribution in [0.15, 0.2) is 91.0 Å². The number of unbranched alkanes of at least 4 members (excludes halogenated alkanes) is 3. The summed E-state index contributed by atoms with van der Waals surface area (Å²) in [6.45, 7) is 2.27. The van der Waals surface area contributed by atoms with Gasteiger partial charge in [0.25, 0.3) is 0 Å². The van der Waals surface area contributed by atoms with Gasteiger partial charge in [0, 0.05) is 0 Å². The molecule has 3 rings (SSSR count). The van der Waals surface area contributed by atoms with Crippen LogP contribution in [0.4, 0.5) is 0 Å². The Labute approximate surface area is 162 Å². The highest BCUT2D eigenvalue weighted by Gasteiger charge is 2.36. The molecule has 1 heteroatoms. The van der Waals surface area contributed by atoms with Crippen molar-refractivity contribution in [3.63, 3.8) is 0 Å². The molecule has 3 aromatic rings. The fraction of sp³-hybridized carbons (Fsp3) is 0.280. The van der Waals surface area contributed by atoms with Gasteiger partial charge in [-0.05, 0) is 28.9 Å². The van der Waals surface area contributed by atoms with Crippen LogP contribution in [0.25, 0.3) is 0 Å². The van der Waals surface area contributed by atoms with Crippen LogP contribution in [0.2, 0.25) is 0 Å². The third-order valence-corrected chi connectivity index (χ3v) is 6.49. The molecule has 0 nitrogen and oxygen atoms in total. The molecule has 0 saturated carbocycles. The fourth-order valence-electron chi connectivity index (χ4n) is 3.52. The molecule has 3 aromatic carbocycles. The van der Waals surface area contributed by atoms with E-state index in [1.807, 2.05) is 0 Å². The van der Waals surface area contributed by atoms with E-state index >= 15 is 0 Å².